The molecule has 0 aromatic heterocycles. The zero-order chi connectivity index (χ0) is 36.0. The molecule has 9 heteroatoms. The van der Waals surface area contributed by atoms with Crippen LogP contribution >= 0.6 is 0 Å². The van der Waals surface area contributed by atoms with Gasteiger partial charge < -0.3 is 34.6 Å². The molecule has 0 amide bonds. The summed E-state index contributed by atoms with van der Waals surface area (Å²) >= 11 is 0. The summed E-state index contributed by atoms with van der Waals surface area (Å²) in [6.07, 6.45) is 27.2. The van der Waals surface area contributed by atoms with Gasteiger partial charge in [0.25, 0.3) is 0 Å². The quantitative estimate of drug-likeness (QED) is 0.0322. The van der Waals surface area contributed by atoms with Gasteiger partial charge in [-0.1, -0.05) is 141 Å². The van der Waals surface area contributed by atoms with Crippen molar-refractivity contribution in [1.29, 1.82) is 0 Å². The third-order valence-electron chi connectivity index (χ3n) is 9.29. The lowest BCUT2D eigenvalue weighted by molar-refractivity contribution is -0.199. The summed E-state index contributed by atoms with van der Waals surface area (Å²) in [5.74, 6) is -1.04. The molecule has 0 spiro atoms. The Kier molecular flexibility index (Phi) is 28.6. The van der Waals surface area contributed by atoms with Gasteiger partial charge in [0.05, 0.1) is 24.9 Å². The minimum atomic E-state index is -1.05. The van der Waals surface area contributed by atoms with E-state index in [1.54, 1.807) is 12.2 Å². The molecule has 286 valence electrons. The van der Waals surface area contributed by atoms with Crippen LogP contribution in [0.15, 0.2) is 24.3 Å². The molecule has 0 aromatic rings. The second kappa shape index (κ2) is 31.0. The van der Waals surface area contributed by atoms with Crippen LogP contribution in [-0.4, -0.2) is 76.3 Å². The Morgan fingerprint density at radius 1 is 0.776 bits per heavy atom. The first-order valence-electron chi connectivity index (χ1n) is 19.8. The highest BCUT2D eigenvalue weighted by Gasteiger charge is 2.35. The van der Waals surface area contributed by atoms with E-state index in [2.05, 4.69) is 13.8 Å². The first-order valence-corrected chi connectivity index (χ1v) is 19.8. The third kappa shape index (κ3) is 24.9. The van der Waals surface area contributed by atoms with Gasteiger partial charge >= 0.3 is 11.9 Å². The lowest BCUT2D eigenvalue weighted by Crippen LogP contribution is -2.43. The van der Waals surface area contributed by atoms with Crippen LogP contribution in [0, 0.1) is 5.92 Å². The molecule has 1 heterocycles. The average Bonchev–Trinajstić information content (AvgIpc) is 3.08. The van der Waals surface area contributed by atoms with Gasteiger partial charge in [-0.3, -0.25) is 9.59 Å². The number of carbonyl (C=O) groups is 2. The predicted octanol–water partition coefficient (Wildman–Crippen LogP) is 8.00. The predicted molar refractivity (Wildman–Crippen MR) is 195 cm³/mol. The summed E-state index contributed by atoms with van der Waals surface area (Å²) in [6.45, 7) is 3.80. The summed E-state index contributed by atoms with van der Waals surface area (Å²) in [4.78, 5) is 24.4. The normalized spacial score (nSPS) is 20.9. The van der Waals surface area contributed by atoms with Crippen LogP contribution in [0.1, 0.15) is 168 Å². The van der Waals surface area contributed by atoms with Gasteiger partial charge in [-0.15, -0.1) is 0 Å². The molecule has 1 aliphatic heterocycles. The number of esters is 2. The van der Waals surface area contributed by atoms with Crippen molar-refractivity contribution >= 4 is 11.9 Å². The lowest BCUT2D eigenvalue weighted by Gasteiger charge is -2.36. The molecule has 1 unspecified atom stereocenters. The fourth-order valence-electron chi connectivity index (χ4n) is 6.18. The summed E-state index contributed by atoms with van der Waals surface area (Å²) < 4.78 is 16.2. The number of rotatable bonds is 31. The molecule has 1 aliphatic rings. The molecule has 6 atom stereocenters. The van der Waals surface area contributed by atoms with Crippen LogP contribution in [-0.2, 0) is 23.8 Å². The molecule has 1 fully saturated rings. The molecule has 4 N–H and O–H groups in total. The highest BCUT2D eigenvalue weighted by molar-refractivity contribution is 5.70. The van der Waals surface area contributed by atoms with Gasteiger partial charge in [-0.05, 0) is 32.1 Å². The summed E-state index contributed by atoms with van der Waals surface area (Å²) in [6, 6.07) is 0. The number of ether oxygens (including phenoxy) is 3. The molecule has 9 nitrogen and oxygen atoms in total. The zero-order valence-electron chi connectivity index (χ0n) is 31.0. The van der Waals surface area contributed by atoms with E-state index in [-0.39, 0.29) is 31.3 Å². The fourth-order valence-corrected chi connectivity index (χ4v) is 6.18. The monoisotopic (exact) mass is 697 g/mol. The van der Waals surface area contributed by atoms with E-state index in [1.165, 1.54) is 70.6 Å². The Labute approximate surface area is 297 Å². The third-order valence-corrected chi connectivity index (χ3v) is 9.29. The van der Waals surface area contributed by atoms with E-state index >= 15 is 0 Å². The number of aliphatic hydroxyl groups is 4. The van der Waals surface area contributed by atoms with Gasteiger partial charge in [-0.25, -0.2) is 0 Å². The largest absolute Gasteiger partial charge is 0.462 e. The van der Waals surface area contributed by atoms with E-state index in [0.29, 0.717) is 32.1 Å². The molecule has 0 aromatic carbocycles. The van der Waals surface area contributed by atoms with Gasteiger partial charge in [0, 0.05) is 25.2 Å². The maximum Gasteiger partial charge on any atom is 0.306 e. The van der Waals surface area contributed by atoms with Crippen molar-refractivity contribution in [2.45, 2.75) is 199 Å². The highest BCUT2D eigenvalue weighted by Crippen LogP contribution is 2.29. The number of allylic oxidation sites excluding steroid dienone is 2. The van der Waals surface area contributed by atoms with E-state index in [9.17, 15) is 30.0 Å². The lowest BCUT2D eigenvalue weighted by atomic mass is 9.87. The van der Waals surface area contributed by atoms with Crippen LogP contribution < -0.4 is 0 Å². The summed E-state index contributed by atoms with van der Waals surface area (Å²) in [7, 11) is 0. The molecular formula is C40H72O9. The second-order valence-corrected chi connectivity index (χ2v) is 13.9. The highest BCUT2D eigenvalue weighted by atomic mass is 16.6. The number of hydrogen-bond acceptors (Lipinski definition) is 9. The topological polar surface area (TPSA) is 143 Å². The maximum absolute atomic E-state index is 12.2. The molecule has 49 heavy (non-hydrogen) atoms. The average molecular weight is 697 g/mol. The van der Waals surface area contributed by atoms with Crippen molar-refractivity contribution < 1.29 is 44.2 Å². The van der Waals surface area contributed by atoms with Gasteiger partial charge in [-0.2, -0.15) is 0 Å². The Balaban J connectivity index is 2.16. The molecule has 0 aliphatic carbocycles. The van der Waals surface area contributed by atoms with Gasteiger partial charge in [0.2, 0.25) is 0 Å². The first-order chi connectivity index (χ1) is 23.8. The number of carbonyl (C=O) groups excluding carboxylic acids is 2. The Hall–Kier alpha value is -1.78. The standard InChI is InChI=1S/C40H72O9/c1-3-5-7-8-9-10-11-12-13-14-15-16-17-23-27-39(45)48-34(31-41)32-47-38(44)26-22-19-18-21-25-35-36(43)30-40(46)49-37(35)29-28-33(42)24-20-6-4-2/h18,21,28-29,33-37,40-43,46H,3-17,19-20,22-27,30-32H2,1-2H3/b21-18-,29-28+/t33-,34-,35-,36-,37+,40?/m0/s1. The molecule has 0 bridgehead atoms. The van der Waals surface area contributed by atoms with Crippen LogP contribution in [0.5, 0.6) is 0 Å². The molecule has 1 saturated heterocycles. The Bertz CT molecular complexity index is 861. The first kappa shape index (κ1) is 45.2. The minimum absolute atomic E-state index is 0.136. The van der Waals surface area contributed by atoms with Crippen LogP contribution in [0.25, 0.3) is 0 Å². The summed E-state index contributed by atoms with van der Waals surface area (Å²) in [5, 5.41) is 40.3. The van der Waals surface area contributed by atoms with Crippen molar-refractivity contribution in [3.8, 4) is 0 Å². The van der Waals surface area contributed by atoms with E-state index in [4.69, 9.17) is 14.2 Å². The smallest absolute Gasteiger partial charge is 0.306 e. The molecular weight excluding hydrogens is 624 g/mol. The maximum atomic E-state index is 12.2. The number of aliphatic hydroxyl groups excluding tert-OH is 4. The fraction of sp³-hybridized carbons (Fsp3) is 0.850. The Morgan fingerprint density at radius 3 is 1.96 bits per heavy atom. The van der Waals surface area contributed by atoms with E-state index in [1.807, 2.05) is 12.2 Å². The number of unbranched alkanes of at least 4 members (excludes halogenated alkanes) is 16. The SMILES string of the molecule is CCCCCCCCCCCCCCCCC(=O)O[C@@H](CO)COC(=O)CCC/C=C\C[C@H]1[C@@H](O)CC(O)O[C@@H]1/C=C/[C@@H](O)CCCCC. The minimum Gasteiger partial charge on any atom is -0.462 e. The van der Waals surface area contributed by atoms with Gasteiger partial charge in [0.1, 0.15) is 6.61 Å². The van der Waals surface area contributed by atoms with E-state index < -0.39 is 43.3 Å². The molecule has 1 rings (SSSR count). The van der Waals surface area contributed by atoms with E-state index in [0.717, 1.165) is 38.5 Å². The van der Waals surface area contributed by atoms with Crippen LogP contribution in [0.3, 0.4) is 0 Å². The van der Waals surface area contributed by atoms with Crippen LogP contribution in [0.2, 0.25) is 0 Å². The van der Waals surface area contributed by atoms with Crippen molar-refractivity contribution in [2.24, 2.45) is 5.92 Å². The van der Waals surface area contributed by atoms with Crippen molar-refractivity contribution in [3.63, 3.8) is 0 Å². The van der Waals surface area contributed by atoms with Crippen molar-refractivity contribution in [2.75, 3.05) is 13.2 Å². The molecule has 0 saturated carbocycles. The Morgan fingerprint density at radius 2 is 1.35 bits per heavy atom. The second-order valence-electron chi connectivity index (χ2n) is 13.9. The van der Waals surface area contributed by atoms with Gasteiger partial charge in [0.15, 0.2) is 12.4 Å². The van der Waals surface area contributed by atoms with Crippen molar-refractivity contribution in [3.05, 3.63) is 24.3 Å². The van der Waals surface area contributed by atoms with Crippen LogP contribution in [0.4, 0.5) is 0 Å². The zero-order valence-corrected chi connectivity index (χ0v) is 31.0. The molecule has 0 radical (unpaired) electrons. The number of hydrogen-bond donors (Lipinski definition) is 4. The summed E-state index contributed by atoms with van der Waals surface area (Å²) in [5.41, 5.74) is 0. The van der Waals surface area contributed by atoms with Crippen molar-refractivity contribution in [1.82, 2.24) is 0 Å².